The van der Waals surface area contributed by atoms with Crippen LogP contribution in [0.15, 0.2) is 36.3 Å². The Kier molecular flexibility index (Phi) is 11.9. The van der Waals surface area contributed by atoms with Gasteiger partial charge in [0.2, 0.25) is 0 Å². The number of ether oxygens (including phenoxy) is 1. The van der Waals surface area contributed by atoms with Crippen LogP contribution in [0.5, 0.6) is 0 Å². The van der Waals surface area contributed by atoms with Crippen LogP contribution in [-0.2, 0) is 16.0 Å². The molecule has 0 radical (unpaired) electrons. The Labute approximate surface area is 108 Å². The Balaban J connectivity index is 0. The molecular formula is C13H19FO2S. The zero-order valence-electron chi connectivity index (χ0n) is 10.5. The molecule has 0 aliphatic heterocycles. The van der Waals surface area contributed by atoms with Gasteiger partial charge in [-0.3, -0.25) is 4.79 Å². The molecule has 96 valence electrons. The first kappa shape index (κ1) is 18.1. The minimum atomic E-state index is -0.453. The number of methoxy groups -OCH3 is 1. The van der Waals surface area contributed by atoms with Crippen molar-refractivity contribution in [1.82, 2.24) is 0 Å². The monoisotopic (exact) mass is 258 g/mol. The van der Waals surface area contributed by atoms with Crippen LogP contribution in [0.2, 0.25) is 0 Å². The SMILES string of the molecule is C=C.CC.COC(=O)Cc1ccc(S)cc1F. The smallest absolute Gasteiger partial charge is 0.310 e. The Hall–Kier alpha value is -1.29. The Morgan fingerprint density at radius 3 is 2.35 bits per heavy atom. The molecule has 0 saturated heterocycles. The molecule has 0 bridgehead atoms. The highest BCUT2D eigenvalue weighted by Crippen LogP contribution is 2.13. The minimum Gasteiger partial charge on any atom is -0.469 e. The quantitative estimate of drug-likeness (QED) is 0.498. The third-order valence-corrected chi connectivity index (χ3v) is 1.88. The summed E-state index contributed by atoms with van der Waals surface area (Å²) in [6, 6.07) is 4.42. The zero-order chi connectivity index (χ0) is 13.8. The fourth-order valence-corrected chi connectivity index (χ4v) is 1.10. The maximum absolute atomic E-state index is 13.1. The van der Waals surface area contributed by atoms with Crippen molar-refractivity contribution in [1.29, 1.82) is 0 Å². The Morgan fingerprint density at radius 2 is 1.94 bits per heavy atom. The summed E-state index contributed by atoms with van der Waals surface area (Å²) in [4.78, 5) is 11.3. The van der Waals surface area contributed by atoms with Crippen LogP contribution in [0.4, 0.5) is 4.39 Å². The first-order valence-corrected chi connectivity index (χ1v) is 5.62. The Morgan fingerprint density at radius 1 is 1.41 bits per heavy atom. The summed E-state index contributed by atoms with van der Waals surface area (Å²) < 4.78 is 17.5. The van der Waals surface area contributed by atoms with Crippen LogP contribution in [0.25, 0.3) is 0 Å². The van der Waals surface area contributed by atoms with Crippen LogP contribution < -0.4 is 0 Å². The third-order valence-electron chi connectivity index (χ3n) is 1.60. The fraction of sp³-hybridized carbons (Fsp3) is 0.308. The van der Waals surface area contributed by atoms with Crippen molar-refractivity contribution in [2.45, 2.75) is 25.2 Å². The topological polar surface area (TPSA) is 26.3 Å². The molecule has 2 nitrogen and oxygen atoms in total. The van der Waals surface area contributed by atoms with Crippen molar-refractivity contribution in [3.05, 3.63) is 42.7 Å². The lowest BCUT2D eigenvalue weighted by atomic mass is 10.1. The van der Waals surface area contributed by atoms with Gasteiger partial charge in [-0.05, 0) is 17.7 Å². The van der Waals surface area contributed by atoms with E-state index in [9.17, 15) is 9.18 Å². The van der Waals surface area contributed by atoms with E-state index < -0.39 is 11.8 Å². The van der Waals surface area contributed by atoms with Gasteiger partial charge in [0.1, 0.15) is 5.82 Å². The second kappa shape index (κ2) is 11.2. The average molecular weight is 258 g/mol. The molecule has 0 aliphatic carbocycles. The first-order valence-electron chi connectivity index (χ1n) is 5.17. The van der Waals surface area contributed by atoms with Gasteiger partial charge in [0.05, 0.1) is 13.5 Å². The van der Waals surface area contributed by atoms with Gasteiger partial charge in [0, 0.05) is 4.90 Å². The predicted molar refractivity (Wildman–Crippen MR) is 72.0 cm³/mol. The maximum Gasteiger partial charge on any atom is 0.310 e. The van der Waals surface area contributed by atoms with E-state index in [4.69, 9.17) is 0 Å². The number of hydrogen-bond donors (Lipinski definition) is 1. The van der Waals surface area contributed by atoms with Gasteiger partial charge >= 0.3 is 5.97 Å². The zero-order valence-corrected chi connectivity index (χ0v) is 11.4. The largest absolute Gasteiger partial charge is 0.469 e. The van der Waals surface area contributed by atoms with Gasteiger partial charge in [0.15, 0.2) is 0 Å². The number of hydrogen-bond acceptors (Lipinski definition) is 3. The van der Waals surface area contributed by atoms with Crippen molar-refractivity contribution in [2.24, 2.45) is 0 Å². The van der Waals surface area contributed by atoms with Crippen LogP contribution in [-0.4, -0.2) is 13.1 Å². The summed E-state index contributed by atoms with van der Waals surface area (Å²) in [5, 5.41) is 0. The molecule has 1 aromatic carbocycles. The normalized spacial score (nSPS) is 8.06. The van der Waals surface area contributed by atoms with Gasteiger partial charge in [0.25, 0.3) is 0 Å². The molecular weight excluding hydrogens is 239 g/mol. The molecule has 0 spiro atoms. The minimum absolute atomic E-state index is 0.0452. The molecule has 17 heavy (non-hydrogen) atoms. The molecule has 1 rings (SSSR count). The summed E-state index contributed by atoms with van der Waals surface area (Å²) in [5.41, 5.74) is 0.324. The van der Waals surface area contributed by atoms with Crippen molar-refractivity contribution < 1.29 is 13.9 Å². The average Bonchev–Trinajstić information content (AvgIpc) is 2.37. The molecule has 0 saturated carbocycles. The number of rotatable bonds is 2. The Bertz CT molecular complexity index is 340. The highest BCUT2D eigenvalue weighted by molar-refractivity contribution is 7.80. The van der Waals surface area contributed by atoms with E-state index in [2.05, 4.69) is 30.5 Å². The molecule has 0 aliphatic rings. The highest BCUT2D eigenvalue weighted by Gasteiger charge is 2.07. The number of esters is 1. The van der Waals surface area contributed by atoms with E-state index >= 15 is 0 Å². The van der Waals surface area contributed by atoms with Gasteiger partial charge in [-0.1, -0.05) is 19.9 Å². The predicted octanol–water partition coefficient (Wildman–Crippen LogP) is 3.66. The molecule has 1 aromatic rings. The van der Waals surface area contributed by atoms with Crippen LogP contribution in [0, 0.1) is 5.82 Å². The molecule has 0 N–H and O–H groups in total. The highest BCUT2D eigenvalue weighted by atomic mass is 32.1. The molecule has 0 fully saturated rings. The number of carbonyl (C=O) groups is 1. The first-order chi connectivity index (χ1) is 8.13. The lowest BCUT2D eigenvalue weighted by Crippen LogP contribution is -2.05. The fourth-order valence-electron chi connectivity index (χ4n) is 0.907. The van der Waals surface area contributed by atoms with Crippen molar-refractivity contribution in [3.63, 3.8) is 0 Å². The number of thiol groups is 1. The lowest BCUT2D eigenvalue weighted by Gasteiger charge is -2.01. The summed E-state index contributed by atoms with van der Waals surface area (Å²) in [6.07, 6.45) is -0.0452. The summed E-state index contributed by atoms with van der Waals surface area (Å²) in [5.74, 6) is -0.885. The number of halogens is 1. The summed E-state index contributed by atoms with van der Waals surface area (Å²) in [6.45, 7) is 10.0. The van der Waals surface area contributed by atoms with E-state index in [1.54, 1.807) is 6.07 Å². The van der Waals surface area contributed by atoms with Crippen molar-refractivity contribution >= 4 is 18.6 Å². The van der Waals surface area contributed by atoms with Gasteiger partial charge in [-0.2, -0.15) is 0 Å². The molecule has 0 atom stereocenters. The van der Waals surface area contributed by atoms with Crippen LogP contribution in [0.1, 0.15) is 19.4 Å². The second-order valence-electron chi connectivity index (χ2n) is 2.53. The lowest BCUT2D eigenvalue weighted by molar-refractivity contribution is -0.139. The van der Waals surface area contributed by atoms with Gasteiger partial charge in [-0.25, -0.2) is 4.39 Å². The summed E-state index contributed by atoms with van der Waals surface area (Å²) in [7, 11) is 1.27. The molecule has 0 aromatic heterocycles. The number of benzene rings is 1. The second-order valence-corrected chi connectivity index (χ2v) is 3.05. The molecule has 0 amide bonds. The summed E-state index contributed by atoms with van der Waals surface area (Å²) >= 11 is 3.96. The third kappa shape index (κ3) is 7.58. The van der Waals surface area contributed by atoms with E-state index in [1.165, 1.54) is 19.2 Å². The molecule has 0 unspecified atom stereocenters. The van der Waals surface area contributed by atoms with E-state index in [0.29, 0.717) is 10.5 Å². The van der Waals surface area contributed by atoms with E-state index in [-0.39, 0.29) is 6.42 Å². The standard InChI is InChI=1S/C9H9FO2S.C2H6.C2H4/c1-12-9(11)4-6-2-3-7(13)5-8(6)10;2*1-2/h2-3,5,13H,4H2,1H3;1-2H3;1-2H2. The van der Waals surface area contributed by atoms with E-state index in [0.717, 1.165) is 0 Å². The van der Waals surface area contributed by atoms with Crippen molar-refractivity contribution in [2.75, 3.05) is 7.11 Å². The van der Waals surface area contributed by atoms with Gasteiger partial charge < -0.3 is 4.74 Å². The maximum atomic E-state index is 13.1. The van der Waals surface area contributed by atoms with Crippen LogP contribution >= 0.6 is 12.6 Å². The van der Waals surface area contributed by atoms with Crippen LogP contribution in [0.3, 0.4) is 0 Å². The molecule has 4 heteroatoms. The number of carbonyl (C=O) groups excluding carboxylic acids is 1. The van der Waals surface area contributed by atoms with Gasteiger partial charge in [-0.15, -0.1) is 25.8 Å². The molecule has 0 heterocycles. The van der Waals surface area contributed by atoms with E-state index in [1.807, 2.05) is 13.8 Å². The van der Waals surface area contributed by atoms with Crippen molar-refractivity contribution in [3.8, 4) is 0 Å².